The van der Waals surface area contributed by atoms with Crippen LogP contribution in [0.15, 0.2) is 23.3 Å². The number of aliphatic carboxylic acids is 2. The highest BCUT2D eigenvalue weighted by Crippen LogP contribution is 2.19. The fourth-order valence-electron chi connectivity index (χ4n) is 0.623. The first-order chi connectivity index (χ1) is 4.63. The summed E-state index contributed by atoms with van der Waals surface area (Å²) in [6.45, 7) is 0. The first-order valence-corrected chi connectivity index (χ1v) is 2.52. The Labute approximate surface area is 56.1 Å². The third kappa shape index (κ3) is 0.793. The Morgan fingerprint density at radius 3 is 1.40 bits per heavy atom. The van der Waals surface area contributed by atoms with Crippen LogP contribution in [0.1, 0.15) is 0 Å². The quantitative estimate of drug-likeness (QED) is 0.567. The van der Waals surface area contributed by atoms with Gasteiger partial charge in [0.15, 0.2) is 0 Å². The molecule has 1 aliphatic carbocycles. The maximum atomic E-state index is 10.1. The lowest BCUT2D eigenvalue weighted by Crippen LogP contribution is -2.15. The molecule has 1 aliphatic rings. The first-order valence-electron chi connectivity index (χ1n) is 2.52. The Hall–Kier alpha value is -1.58. The molecule has 0 atom stereocenters. The highest BCUT2D eigenvalue weighted by atomic mass is 16.4. The van der Waals surface area contributed by atoms with Gasteiger partial charge in [-0.1, -0.05) is 0 Å². The summed E-state index contributed by atoms with van der Waals surface area (Å²) in [6.07, 6.45) is 2.51. The fraction of sp³-hybridized carbons (Fsp3) is 0. The molecule has 0 aliphatic heterocycles. The van der Waals surface area contributed by atoms with E-state index in [1.165, 1.54) is 12.2 Å². The Morgan fingerprint density at radius 1 is 1.00 bits per heavy atom. The molecule has 0 radical (unpaired) electrons. The summed E-state index contributed by atoms with van der Waals surface area (Å²) in [5.41, 5.74) is -0.264. The van der Waals surface area contributed by atoms with Crippen LogP contribution in [0.4, 0.5) is 0 Å². The molecule has 0 aromatic heterocycles. The van der Waals surface area contributed by atoms with Crippen molar-refractivity contribution in [3.05, 3.63) is 23.3 Å². The van der Waals surface area contributed by atoms with E-state index in [4.69, 9.17) is 10.2 Å². The maximum Gasteiger partial charge on any atom is 0.336 e. The number of hydrogen-bond donors (Lipinski definition) is 2. The third-order valence-corrected chi connectivity index (χ3v) is 1.17. The molecule has 0 saturated heterocycles. The van der Waals surface area contributed by atoms with E-state index in [2.05, 4.69) is 0 Å². The minimum atomic E-state index is -1.19. The fourth-order valence-corrected chi connectivity index (χ4v) is 0.623. The minimum absolute atomic E-state index is 0.132. The molecule has 1 rings (SSSR count). The zero-order valence-electron chi connectivity index (χ0n) is 4.87. The summed E-state index contributed by atoms with van der Waals surface area (Å²) in [6, 6.07) is 0. The summed E-state index contributed by atoms with van der Waals surface area (Å²) in [7, 11) is 0. The molecule has 0 bridgehead atoms. The van der Waals surface area contributed by atoms with Crippen molar-refractivity contribution >= 4 is 11.9 Å². The molecule has 52 valence electrons. The Bertz CT molecular complexity index is 231. The maximum absolute atomic E-state index is 10.1. The molecular formula is C6H4O4. The number of rotatable bonds is 2. The number of allylic oxidation sites excluding steroid dienone is 2. The topological polar surface area (TPSA) is 74.6 Å². The second-order valence-electron chi connectivity index (χ2n) is 1.77. The molecule has 10 heavy (non-hydrogen) atoms. The second kappa shape index (κ2) is 1.98. The van der Waals surface area contributed by atoms with E-state index in [0.717, 1.165) is 0 Å². The molecular weight excluding hydrogens is 136 g/mol. The van der Waals surface area contributed by atoms with E-state index in [-0.39, 0.29) is 11.1 Å². The van der Waals surface area contributed by atoms with Gasteiger partial charge in [0.25, 0.3) is 0 Å². The highest BCUT2D eigenvalue weighted by Gasteiger charge is 2.23. The lowest BCUT2D eigenvalue weighted by atomic mass is 9.97. The van der Waals surface area contributed by atoms with Gasteiger partial charge in [-0.3, -0.25) is 0 Å². The molecule has 0 unspecified atom stereocenters. The summed E-state index contributed by atoms with van der Waals surface area (Å²) in [4.78, 5) is 20.2. The zero-order chi connectivity index (χ0) is 7.72. The Balaban J connectivity index is 2.73. The number of carbonyl (C=O) groups is 2. The van der Waals surface area contributed by atoms with Gasteiger partial charge in [0, 0.05) is 0 Å². The van der Waals surface area contributed by atoms with Gasteiger partial charge < -0.3 is 10.2 Å². The van der Waals surface area contributed by atoms with Gasteiger partial charge in [0.2, 0.25) is 0 Å². The van der Waals surface area contributed by atoms with Crippen LogP contribution in [-0.4, -0.2) is 22.2 Å². The molecule has 0 aromatic carbocycles. The van der Waals surface area contributed by atoms with Crippen LogP contribution >= 0.6 is 0 Å². The number of hydrogen-bond acceptors (Lipinski definition) is 2. The predicted octanol–water partition coefficient (Wildman–Crippen LogP) is 0.0220. The molecule has 4 nitrogen and oxygen atoms in total. The smallest absolute Gasteiger partial charge is 0.336 e. The lowest BCUT2D eigenvalue weighted by Gasteiger charge is -2.07. The summed E-state index contributed by atoms with van der Waals surface area (Å²) < 4.78 is 0. The average molecular weight is 140 g/mol. The molecule has 4 heteroatoms. The van der Waals surface area contributed by atoms with Crippen LogP contribution in [-0.2, 0) is 9.59 Å². The SMILES string of the molecule is O=C(O)C1=CC=C1C(=O)O. The standard InChI is InChI=1S/C6H4O4/c7-5(8)3-1-2-4(3)6(9)10/h1-2H,(H,7,8)(H,9,10). The molecule has 0 amide bonds. The highest BCUT2D eigenvalue weighted by molar-refractivity contribution is 6.08. The first kappa shape index (κ1) is 6.54. The Morgan fingerprint density at radius 2 is 1.30 bits per heavy atom. The van der Waals surface area contributed by atoms with Crippen LogP contribution in [0, 0.1) is 0 Å². The monoisotopic (exact) mass is 140 g/mol. The van der Waals surface area contributed by atoms with Crippen LogP contribution < -0.4 is 0 Å². The summed E-state index contributed by atoms with van der Waals surface area (Å²) in [5, 5.41) is 16.6. The average Bonchev–Trinajstić information content (AvgIpc) is 1.56. The van der Waals surface area contributed by atoms with E-state index in [0.29, 0.717) is 0 Å². The van der Waals surface area contributed by atoms with Crippen LogP contribution in [0.3, 0.4) is 0 Å². The minimum Gasteiger partial charge on any atom is -0.478 e. The van der Waals surface area contributed by atoms with Crippen LogP contribution in [0.25, 0.3) is 0 Å². The van der Waals surface area contributed by atoms with Gasteiger partial charge in [0.1, 0.15) is 0 Å². The summed E-state index contributed by atoms with van der Waals surface area (Å²) >= 11 is 0. The van der Waals surface area contributed by atoms with Gasteiger partial charge in [-0.2, -0.15) is 0 Å². The van der Waals surface area contributed by atoms with Crippen molar-refractivity contribution in [3.63, 3.8) is 0 Å². The van der Waals surface area contributed by atoms with Gasteiger partial charge >= 0.3 is 11.9 Å². The number of carboxylic acids is 2. The Kier molecular flexibility index (Phi) is 1.30. The largest absolute Gasteiger partial charge is 0.478 e. The van der Waals surface area contributed by atoms with Gasteiger partial charge in [-0.05, 0) is 12.2 Å². The summed E-state index contributed by atoms with van der Waals surface area (Å²) in [5.74, 6) is -2.39. The molecule has 0 fully saturated rings. The van der Waals surface area contributed by atoms with Crippen molar-refractivity contribution in [2.45, 2.75) is 0 Å². The predicted molar refractivity (Wildman–Crippen MR) is 31.4 cm³/mol. The molecule has 0 aromatic rings. The van der Waals surface area contributed by atoms with Gasteiger partial charge in [-0.25, -0.2) is 9.59 Å². The van der Waals surface area contributed by atoms with Crippen molar-refractivity contribution in [1.29, 1.82) is 0 Å². The molecule has 0 heterocycles. The normalized spacial score (nSPS) is 14.8. The van der Waals surface area contributed by atoms with E-state index in [9.17, 15) is 9.59 Å². The van der Waals surface area contributed by atoms with Crippen molar-refractivity contribution in [1.82, 2.24) is 0 Å². The van der Waals surface area contributed by atoms with Gasteiger partial charge in [-0.15, -0.1) is 0 Å². The van der Waals surface area contributed by atoms with Crippen LogP contribution in [0.5, 0.6) is 0 Å². The zero-order valence-corrected chi connectivity index (χ0v) is 4.87. The number of carboxylic acid groups (broad SMARTS) is 2. The van der Waals surface area contributed by atoms with Gasteiger partial charge in [0.05, 0.1) is 11.1 Å². The van der Waals surface area contributed by atoms with Crippen molar-refractivity contribution in [3.8, 4) is 0 Å². The van der Waals surface area contributed by atoms with Crippen molar-refractivity contribution in [2.75, 3.05) is 0 Å². The van der Waals surface area contributed by atoms with Crippen molar-refractivity contribution in [2.24, 2.45) is 0 Å². The molecule has 2 N–H and O–H groups in total. The van der Waals surface area contributed by atoms with Crippen LogP contribution in [0.2, 0.25) is 0 Å². The molecule has 0 saturated carbocycles. The van der Waals surface area contributed by atoms with E-state index in [1.54, 1.807) is 0 Å². The van der Waals surface area contributed by atoms with E-state index in [1.807, 2.05) is 0 Å². The second-order valence-corrected chi connectivity index (χ2v) is 1.77. The van der Waals surface area contributed by atoms with E-state index >= 15 is 0 Å². The lowest BCUT2D eigenvalue weighted by molar-refractivity contribution is -0.136. The third-order valence-electron chi connectivity index (χ3n) is 1.17. The molecule has 0 spiro atoms. The van der Waals surface area contributed by atoms with Crippen molar-refractivity contribution < 1.29 is 19.8 Å². The van der Waals surface area contributed by atoms with E-state index < -0.39 is 11.9 Å².